The number of nitrogens with zero attached hydrogens (tertiary/aromatic N) is 3. The quantitative estimate of drug-likeness (QED) is 0.439. The molecule has 2 aromatic carbocycles. The second kappa shape index (κ2) is 11.9. The van der Waals surface area contributed by atoms with Crippen LogP contribution in [0.3, 0.4) is 0 Å². The number of hydrogen-bond donors (Lipinski definition) is 1. The maximum absolute atomic E-state index is 13.5. The Morgan fingerprint density at radius 3 is 2.37 bits per heavy atom. The molecule has 0 aliphatic rings. The van der Waals surface area contributed by atoms with E-state index in [1.807, 2.05) is 30.3 Å². The highest BCUT2D eigenvalue weighted by Gasteiger charge is 2.22. The summed E-state index contributed by atoms with van der Waals surface area (Å²) in [7, 11) is 0. The number of benzene rings is 2. The summed E-state index contributed by atoms with van der Waals surface area (Å²) in [6, 6.07) is 16.7. The molecule has 0 radical (unpaired) electrons. The number of carbonyl (C=O) groups excluding carboxylic acids is 3. The minimum atomic E-state index is -0.453. The summed E-state index contributed by atoms with van der Waals surface area (Å²) < 4.78 is 19.9. The number of ether oxygens (including phenoxy) is 1. The highest BCUT2D eigenvalue weighted by atomic mass is 19.1. The third-order valence-corrected chi connectivity index (χ3v) is 5.22. The number of anilines is 1. The first-order valence-corrected chi connectivity index (χ1v) is 11.4. The van der Waals surface area contributed by atoms with Crippen LogP contribution in [0.2, 0.25) is 0 Å². The van der Waals surface area contributed by atoms with Crippen molar-refractivity contribution in [1.82, 2.24) is 14.7 Å². The molecule has 0 atom stereocenters. The Hall–Kier alpha value is -4.01. The Bertz CT molecular complexity index is 1160. The van der Waals surface area contributed by atoms with Crippen LogP contribution in [0.1, 0.15) is 33.6 Å². The van der Waals surface area contributed by atoms with Crippen molar-refractivity contribution in [2.75, 3.05) is 18.5 Å². The number of hydrogen-bond acceptors (Lipinski definition) is 5. The van der Waals surface area contributed by atoms with Gasteiger partial charge in [-0.25, -0.2) is 9.07 Å². The summed E-state index contributed by atoms with van der Waals surface area (Å²) in [6.07, 6.45) is -0.0920. The maximum Gasteiger partial charge on any atom is 0.306 e. The van der Waals surface area contributed by atoms with Gasteiger partial charge in [0.05, 0.1) is 24.4 Å². The van der Waals surface area contributed by atoms with Crippen molar-refractivity contribution >= 4 is 23.6 Å². The zero-order valence-electron chi connectivity index (χ0n) is 20.0. The van der Waals surface area contributed by atoms with E-state index in [2.05, 4.69) is 10.4 Å². The monoisotopic (exact) mass is 480 g/mol. The Morgan fingerprint density at radius 2 is 1.74 bits per heavy atom. The molecule has 0 unspecified atom stereocenters. The minimum absolute atomic E-state index is 0.0457. The summed E-state index contributed by atoms with van der Waals surface area (Å²) in [5.41, 5.74) is 2.04. The number of aromatic nitrogens is 2. The van der Waals surface area contributed by atoms with Crippen LogP contribution in [0.25, 0.3) is 16.9 Å². The number of halogens is 1. The van der Waals surface area contributed by atoms with Crippen LogP contribution in [0, 0.1) is 5.82 Å². The Morgan fingerprint density at radius 1 is 1.06 bits per heavy atom. The average molecular weight is 481 g/mol. The van der Waals surface area contributed by atoms with Gasteiger partial charge in [0.25, 0.3) is 0 Å². The van der Waals surface area contributed by atoms with Crippen molar-refractivity contribution in [2.45, 2.75) is 39.7 Å². The average Bonchev–Trinajstić information content (AvgIpc) is 3.25. The highest BCUT2D eigenvalue weighted by molar-refractivity contribution is 5.95. The van der Waals surface area contributed by atoms with Crippen LogP contribution in [-0.4, -0.2) is 51.7 Å². The maximum atomic E-state index is 13.5. The number of amides is 2. The molecule has 9 heteroatoms. The van der Waals surface area contributed by atoms with Gasteiger partial charge in [-0.1, -0.05) is 30.3 Å². The fourth-order valence-corrected chi connectivity index (χ4v) is 3.48. The molecular formula is C26H29FN4O4. The van der Waals surface area contributed by atoms with Crippen LogP contribution in [0.5, 0.6) is 0 Å². The molecule has 35 heavy (non-hydrogen) atoms. The molecule has 1 aromatic heterocycles. The van der Waals surface area contributed by atoms with E-state index in [9.17, 15) is 18.8 Å². The lowest BCUT2D eigenvalue weighted by molar-refractivity contribution is -0.146. The minimum Gasteiger partial charge on any atom is -0.466 e. The van der Waals surface area contributed by atoms with E-state index < -0.39 is 11.9 Å². The second-order valence-electron chi connectivity index (χ2n) is 8.14. The van der Waals surface area contributed by atoms with E-state index >= 15 is 0 Å². The van der Waals surface area contributed by atoms with Gasteiger partial charge in [-0.15, -0.1) is 0 Å². The van der Waals surface area contributed by atoms with E-state index in [4.69, 9.17) is 4.74 Å². The van der Waals surface area contributed by atoms with Gasteiger partial charge < -0.3 is 15.0 Å². The normalized spacial score (nSPS) is 10.8. The zero-order valence-corrected chi connectivity index (χ0v) is 20.0. The van der Waals surface area contributed by atoms with Crippen molar-refractivity contribution in [3.05, 3.63) is 66.5 Å². The lowest BCUT2D eigenvalue weighted by Crippen LogP contribution is -2.42. The van der Waals surface area contributed by atoms with E-state index in [1.165, 1.54) is 21.7 Å². The summed E-state index contributed by atoms with van der Waals surface area (Å²) in [5.74, 6) is -1.20. The number of nitrogens with one attached hydrogen (secondary N) is 1. The first-order valence-electron chi connectivity index (χ1n) is 11.4. The van der Waals surface area contributed by atoms with Crippen LogP contribution >= 0.6 is 0 Å². The molecule has 0 saturated heterocycles. The third-order valence-electron chi connectivity index (χ3n) is 5.22. The van der Waals surface area contributed by atoms with Crippen LogP contribution in [0.4, 0.5) is 10.2 Å². The molecule has 3 aromatic rings. The van der Waals surface area contributed by atoms with Crippen molar-refractivity contribution in [2.24, 2.45) is 0 Å². The van der Waals surface area contributed by atoms with Gasteiger partial charge in [0.15, 0.2) is 0 Å². The van der Waals surface area contributed by atoms with Crippen molar-refractivity contribution in [1.29, 1.82) is 0 Å². The van der Waals surface area contributed by atoms with Crippen LogP contribution in [-0.2, 0) is 19.1 Å². The third kappa shape index (κ3) is 6.99. The van der Waals surface area contributed by atoms with Crippen LogP contribution < -0.4 is 5.32 Å². The van der Waals surface area contributed by atoms with E-state index in [0.29, 0.717) is 17.2 Å². The van der Waals surface area contributed by atoms with Gasteiger partial charge >= 0.3 is 5.97 Å². The van der Waals surface area contributed by atoms with Crippen molar-refractivity contribution in [3.63, 3.8) is 0 Å². The van der Waals surface area contributed by atoms with Gasteiger partial charge in [-0.05, 0) is 45.0 Å². The lowest BCUT2D eigenvalue weighted by atomic mass is 10.1. The van der Waals surface area contributed by atoms with Gasteiger partial charge in [0.1, 0.15) is 18.2 Å². The topological polar surface area (TPSA) is 93.5 Å². The van der Waals surface area contributed by atoms with Gasteiger partial charge in [0.2, 0.25) is 11.8 Å². The molecule has 0 aliphatic heterocycles. The summed E-state index contributed by atoms with van der Waals surface area (Å²) in [4.78, 5) is 38.7. The standard InChI is InChI=1S/C26H29FN4O4/c1-4-35-26(34)15-14-25(33)30(18(2)3)17-24(32)28-23-16-22(19-8-6-5-7-9-19)29-31(23)21-12-10-20(27)11-13-21/h5-13,16,18H,4,14-15,17H2,1-3H3,(H,28,32). The molecule has 0 saturated carbocycles. The SMILES string of the molecule is CCOC(=O)CCC(=O)N(CC(=O)Nc1cc(-c2ccccc2)nn1-c1ccc(F)cc1)C(C)C. The first-order chi connectivity index (χ1) is 16.8. The Labute approximate surface area is 203 Å². The van der Waals surface area contributed by atoms with E-state index in [1.54, 1.807) is 39.0 Å². The van der Waals surface area contributed by atoms with E-state index in [0.717, 1.165) is 5.56 Å². The molecular weight excluding hydrogens is 451 g/mol. The molecule has 1 heterocycles. The predicted molar refractivity (Wildman–Crippen MR) is 130 cm³/mol. The molecule has 0 bridgehead atoms. The summed E-state index contributed by atoms with van der Waals surface area (Å²) in [5, 5.41) is 7.42. The first kappa shape index (κ1) is 25.6. The fourth-order valence-electron chi connectivity index (χ4n) is 3.48. The molecule has 2 amide bonds. The number of esters is 1. The molecule has 184 valence electrons. The smallest absolute Gasteiger partial charge is 0.306 e. The lowest BCUT2D eigenvalue weighted by Gasteiger charge is -2.26. The molecule has 0 aliphatic carbocycles. The highest BCUT2D eigenvalue weighted by Crippen LogP contribution is 2.25. The molecule has 0 spiro atoms. The van der Waals surface area contributed by atoms with E-state index in [-0.39, 0.29) is 43.8 Å². The van der Waals surface area contributed by atoms with Crippen molar-refractivity contribution < 1.29 is 23.5 Å². The second-order valence-corrected chi connectivity index (χ2v) is 8.14. The van der Waals surface area contributed by atoms with Crippen molar-refractivity contribution in [3.8, 4) is 16.9 Å². The Balaban J connectivity index is 1.80. The fraction of sp³-hybridized carbons (Fsp3) is 0.308. The molecule has 0 fully saturated rings. The largest absolute Gasteiger partial charge is 0.466 e. The molecule has 3 rings (SSSR count). The molecule has 8 nitrogen and oxygen atoms in total. The number of rotatable bonds is 10. The van der Waals surface area contributed by atoms with Gasteiger partial charge in [0, 0.05) is 24.1 Å². The Kier molecular flexibility index (Phi) is 8.72. The summed E-state index contributed by atoms with van der Waals surface area (Å²) in [6.45, 7) is 5.34. The van der Waals surface area contributed by atoms with Gasteiger partial charge in [-0.3, -0.25) is 14.4 Å². The number of carbonyl (C=O) groups is 3. The predicted octanol–water partition coefficient (Wildman–Crippen LogP) is 4.20. The van der Waals surface area contributed by atoms with Crippen LogP contribution in [0.15, 0.2) is 60.7 Å². The molecule has 1 N–H and O–H groups in total. The van der Waals surface area contributed by atoms with Gasteiger partial charge in [-0.2, -0.15) is 5.10 Å². The summed E-state index contributed by atoms with van der Waals surface area (Å²) >= 11 is 0. The zero-order chi connectivity index (χ0) is 25.4.